The number of aromatic nitrogens is 2. The van der Waals surface area contributed by atoms with Crippen LogP contribution in [-0.4, -0.2) is 83.2 Å². The molecule has 0 aliphatic carbocycles. The van der Waals surface area contributed by atoms with E-state index in [1.165, 1.54) is 23.9 Å². The molecule has 3 heterocycles. The monoisotopic (exact) mass is 442 g/mol. The number of hydrogen-bond donors (Lipinski definition) is 2. The normalized spacial score (nSPS) is 18.6. The molecule has 0 radical (unpaired) electrons. The Labute approximate surface area is 186 Å². The van der Waals surface area contributed by atoms with Crippen LogP contribution in [0.3, 0.4) is 0 Å². The standard InChI is InChI=1S/C22H30N6O4/c1-32-19-14-17(2-3-18(19)28-9-6-20(29)24-22(28)31)21(30)26-12-10-25(11-13-26)15-16-4-7-27(23)8-5-16/h2-3,6,9,14,16H,4-5,7-8,10-13,15,23H2,1H3,(H,24,29,31). The number of piperidine rings is 1. The van der Waals surface area contributed by atoms with E-state index in [1.807, 2.05) is 9.91 Å². The van der Waals surface area contributed by atoms with Gasteiger partial charge in [-0.3, -0.25) is 29.9 Å². The lowest BCUT2D eigenvalue weighted by Crippen LogP contribution is -2.50. The summed E-state index contributed by atoms with van der Waals surface area (Å²) in [6.45, 7) is 6.04. The SMILES string of the molecule is COc1cc(C(=O)N2CCN(CC3CCN(N)CC3)CC2)ccc1-n1ccc(=O)[nH]c1=O. The Morgan fingerprint density at radius 1 is 1.09 bits per heavy atom. The Kier molecular flexibility index (Phi) is 6.73. The van der Waals surface area contributed by atoms with Gasteiger partial charge >= 0.3 is 5.69 Å². The minimum absolute atomic E-state index is 0.0558. The zero-order chi connectivity index (χ0) is 22.7. The van der Waals surface area contributed by atoms with E-state index in [-0.39, 0.29) is 5.91 Å². The van der Waals surface area contributed by atoms with E-state index in [1.54, 1.807) is 18.2 Å². The highest BCUT2D eigenvalue weighted by atomic mass is 16.5. The van der Waals surface area contributed by atoms with Gasteiger partial charge in [-0.15, -0.1) is 0 Å². The fraction of sp³-hybridized carbons (Fsp3) is 0.500. The average Bonchev–Trinajstić information content (AvgIpc) is 2.80. The summed E-state index contributed by atoms with van der Waals surface area (Å²) in [5.74, 6) is 6.85. The molecule has 2 fully saturated rings. The maximum atomic E-state index is 13.1. The third-order valence-corrected chi connectivity index (χ3v) is 6.34. The molecule has 172 valence electrons. The van der Waals surface area contributed by atoms with Crippen LogP contribution in [0, 0.1) is 5.92 Å². The quantitative estimate of drug-likeness (QED) is 0.620. The lowest BCUT2D eigenvalue weighted by Gasteiger charge is -2.38. The summed E-state index contributed by atoms with van der Waals surface area (Å²) in [6.07, 6.45) is 3.64. The maximum Gasteiger partial charge on any atom is 0.333 e. The second-order valence-corrected chi connectivity index (χ2v) is 8.44. The largest absolute Gasteiger partial charge is 0.495 e. The topological polar surface area (TPSA) is 117 Å². The van der Waals surface area contributed by atoms with Crippen molar-refractivity contribution in [2.24, 2.45) is 11.8 Å². The van der Waals surface area contributed by atoms with Crippen molar-refractivity contribution in [3.05, 3.63) is 56.9 Å². The van der Waals surface area contributed by atoms with Gasteiger partial charge in [0.05, 0.1) is 12.8 Å². The minimum Gasteiger partial charge on any atom is -0.495 e. The van der Waals surface area contributed by atoms with E-state index < -0.39 is 11.2 Å². The molecule has 3 N–H and O–H groups in total. The molecule has 2 aliphatic rings. The van der Waals surface area contributed by atoms with Gasteiger partial charge in [0.25, 0.3) is 11.5 Å². The molecular weight excluding hydrogens is 412 g/mol. The molecule has 4 rings (SSSR count). The van der Waals surface area contributed by atoms with Crippen molar-refractivity contribution in [2.45, 2.75) is 12.8 Å². The van der Waals surface area contributed by atoms with Crippen LogP contribution in [-0.2, 0) is 0 Å². The molecule has 2 aliphatic heterocycles. The number of nitrogens with zero attached hydrogens (tertiary/aromatic N) is 4. The number of methoxy groups -OCH3 is 1. The minimum atomic E-state index is -0.567. The van der Waals surface area contributed by atoms with Crippen molar-refractivity contribution in [3.63, 3.8) is 0 Å². The first-order valence-corrected chi connectivity index (χ1v) is 11.0. The lowest BCUT2D eigenvalue weighted by molar-refractivity contribution is 0.0587. The number of ether oxygens (including phenoxy) is 1. The zero-order valence-corrected chi connectivity index (χ0v) is 18.3. The molecule has 1 aromatic carbocycles. The first-order chi connectivity index (χ1) is 15.4. The summed E-state index contributed by atoms with van der Waals surface area (Å²) in [4.78, 5) is 43.1. The fourth-order valence-electron chi connectivity index (χ4n) is 4.43. The van der Waals surface area contributed by atoms with E-state index in [2.05, 4.69) is 9.88 Å². The molecule has 0 unspecified atom stereocenters. The predicted molar refractivity (Wildman–Crippen MR) is 120 cm³/mol. The number of rotatable bonds is 5. The van der Waals surface area contributed by atoms with E-state index in [4.69, 9.17) is 10.6 Å². The second kappa shape index (κ2) is 9.68. The fourth-order valence-corrected chi connectivity index (χ4v) is 4.43. The average molecular weight is 443 g/mol. The van der Waals surface area contributed by atoms with Crippen molar-refractivity contribution in [1.82, 2.24) is 24.4 Å². The van der Waals surface area contributed by atoms with Gasteiger partial charge in [0, 0.05) is 63.6 Å². The van der Waals surface area contributed by atoms with Crippen LogP contribution in [0.25, 0.3) is 5.69 Å². The van der Waals surface area contributed by atoms with Gasteiger partial charge < -0.3 is 9.64 Å². The van der Waals surface area contributed by atoms with E-state index in [0.717, 1.165) is 45.6 Å². The van der Waals surface area contributed by atoms with Crippen LogP contribution in [0.5, 0.6) is 5.75 Å². The molecule has 0 saturated carbocycles. The number of hydrazine groups is 1. The van der Waals surface area contributed by atoms with Gasteiger partial charge in [-0.25, -0.2) is 9.80 Å². The Balaban J connectivity index is 1.40. The number of amides is 1. The van der Waals surface area contributed by atoms with Crippen molar-refractivity contribution in [3.8, 4) is 11.4 Å². The van der Waals surface area contributed by atoms with Crippen LogP contribution in [0.4, 0.5) is 0 Å². The maximum absolute atomic E-state index is 13.1. The molecule has 2 aromatic rings. The molecule has 0 bridgehead atoms. The summed E-state index contributed by atoms with van der Waals surface area (Å²) < 4.78 is 6.71. The smallest absolute Gasteiger partial charge is 0.333 e. The Hall–Kier alpha value is -2.95. The van der Waals surface area contributed by atoms with Crippen LogP contribution in [0.15, 0.2) is 40.1 Å². The molecule has 10 nitrogen and oxygen atoms in total. The Morgan fingerprint density at radius 2 is 1.81 bits per heavy atom. The van der Waals surface area contributed by atoms with Gasteiger partial charge in [-0.1, -0.05) is 0 Å². The molecule has 0 atom stereocenters. The number of hydrogen-bond acceptors (Lipinski definition) is 7. The van der Waals surface area contributed by atoms with Crippen LogP contribution >= 0.6 is 0 Å². The number of aromatic amines is 1. The molecule has 32 heavy (non-hydrogen) atoms. The van der Waals surface area contributed by atoms with E-state index >= 15 is 0 Å². The second-order valence-electron chi connectivity index (χ2n) is 8.44. The first-order valence-electron chi connectivity index (χ1n) is 11.0. The van der Waals surface area contributed by atoms with E-state index in [9.17, 15) is 14.4 Å². The zero-order valence-electron chi connectivity index (χ0n) is 18.3. The van der Waals surface area contributed by atoms with Crippen LogP contribution in [0.2, 0.25) is 0 Å². The lowest BCUT2D eigenvalue weighted by atomic mass is 9.97. The number of benzene rings is 1. The third kappa shape index (κ3) is 4.93. The van der Waals surface area contributed by atoms with Gasteiger partial charge in [0.2, 0.25) is 0 Å². The van der Waals surface area contributed by atoms with Crippen molar-refractivity contribution in [2.75, 3.05) is 52.9 Å². The Bertz CT molecular complexity index is 1060. The van der Waals surface area contributed by atoms with Gasteiger partial charge in [0.1, 0.15) is 5.75 Å². The molecule has 0 spiro atoms. The summed E-state index contributed by atoms with van der Waals surface area (Å²) in [7, 11) is 1.48. The highest BCUT2D eigenvalue weighted by molar-refractivity contribution is 5.95. The number of piperazine rings is 1. The highest BCUT2D eigenvalue weighted by Gasteiger charge is 2.26. The molecular formula is C22H30N6O4. The number of nitrogens with two attached hydrogens (primary N) is 1. The van der Waals surface area contributed by atoms with E-state index in [0.29, 0.717) is 36.0 Å². The number of carbonyl (C=O) groups is 1. The first kappa shape index (κ1) is 22.3. The predicted octanol–water partition coefficient (Wildman–Crippen LogP) is -0.122. The number of carbonyl (C=O) groups excluding carboxylic acids is 1. The van der Waals surface area contributed by atoms with Crippen molar-refractivity contribution >= 4 is 5.91 Å². The molecule has 10 heteroatoms. The summed E-state index contributed by atoms with van der Waals surface area (Å²) >= 11 is 0. The molecule has 1 amide bonds. The highest BCUT2D eigenvalue weighted by Crippen LogP contribution is 2.24. The van der Waals surface area contributed by atoms with Crippen molar-refractivity contribution in [1.29, 1.82) is 0 Å². The van der Waals surface area contributed by atoms with Crippen LogP contribution < -0.4 is 21.8 Å². The number of H-pyrrole nitrogens is 1. The van der Waals surface area contributed by atoms with Crippen molar-refractivity contribution < 1.29 is 9.53 Å². The summed E-state index contributed by atoms with van der Waals surface area (Å²) in [6, 6.07) is 6.25. The number of nitrogens with one attached hydrogen (secondary N) is 1. The molecule has 1 aromatic heterocycles. The van der Waals surface area contributed by atoms with Crippen LogP contribution in [0.1, 0.15) is 23.2 Å². The van der Waals surface area contributed by atoms with Gasteiger partial charge in [0.15, 0.2) is 0 Å². The van der Waals surface area contributed by atoms with Gasteiger partial charge in [-0.2, -0.15) is 0 Å². The van der Waals surface area contributed by atoms with Gasteiger partial charge in [-0.05, 0) is 37.0 Å². The molecule has 2 saturated heterocycles. The Morgan fingerprint density at radius 3 is 2.47 bits per heavy atom. The third-order valence-electron chi connectivity index (χ3n) is 6.34. The summed E-state index contributed by atoms with van der Waals surface area (Å²) in [5, 5.41) is 1.89. The summed E-state index contributed by atoms with van der Waals surface area (Å²) in [5.41, 5.74) is -0.0744.